The van der Waals surface area contributed by atoms with E-state index in [1.807, 2.05) is 13.8 Å². The number of allylic oxidation sites excluding steroid dienone is 2. The number of hydrogen-bond donors (Lipinski definition) is 4. The molecule has 7 N–H and O–H groups in total. The molecular weight excluding hydrogens is 420 g/mol. The molecule has 1 aliphatic heterocycles. The molecule has 2 aliphatic rings. The van der Waals surface area contributed by atoms with Crippen molar-refractivity contribution >= 4 is 11.8 Å². The van der Waals surface area contributed by atoms with Crippen LogP contribution < -0.4 is 27.3 Å². The fourth-order valence-electron chi connectivity index (χ4n) is 5.14. The summed E-state index contributed by atoms with van der Waals surface area (Å²) >= 11 is 0. The predicted octanol–water partition coefficient (Wildman–Crippen LogP) is 1.86. The van der Waals surface area contributed by atoms with Crippen molar-refractivity contribution in [2.45, 2.75) is 57.8 Å². The molecule has 0 saturated carbocycles. The Balaban J connectivity index is 1.79. The van der Waals surface area contributed by atoms with Crippen molar-refractivity contribution in [3.05, 3.63) is 58.4 Å². The lowest BCUT2D eigenvalue weighted by Crippen LogP contribution is -2.64. The van der Waals surface area contributed by atoms with Gasteiger partial charge < -0.3 is 27.3 Å². The summed E-state index contributed by atoms with van der Waals surface area (Å²) in [5.41, 5.74) is 20.9. The number of rotatable bonds is 7. The highest BCUT2D eigenvalue weighted by atomic mass is 16.5. The van der Waals surface area contributed by atoms with Gasteiger partial charge in [-0.1, -0.05) is 19.1 Å². The number of ether oxygens (including phenoxy) is 1. The molecule has 4 rings (SSSR count). The Morgan fingerprint density at radius 2 is 2.06 bits per heavy atom. The molecule has 9 nitrogen and oxygen atoms in total. The van der Waals surface area contributed by atoms with Crippen LogP contribution in [0.2, 0.25) is 0 Å². The highest BCUT2D eigenvalue weighted by Crippen LogP contribution is 2.55. The molecule has 0 radical (unpaired) electrons. The number of nitrogens with zero attached hydrogens (tertiary/aromatic N) is 2. The second-order valence-corrected chi connectivity index (χ2v) is 8.86. The number of nitrogens with two attached hydrogens (primary N) is 3. The van der Waals surface area contributed by atoms with E-state index in [0.29, 0.717) is 35.7 Å². The van der Waals surface area contributed by atoms with Crippen LogP contribution in [0, 0.1) is 12.8 Å². The zero-order valence-electron chi connectivity index (χ0n) is 19.3. The highest BCUT2D eigenvalue weighted by Gasteiger charge is 2.56. The van der Waals surface area contributed by atoms with Crippen LogP contribution in [-0.2, 0) is 6.54 Å². The molecule has 0 fully saturated rings. The molecule has 1 aliphatic carbocycles. The number of nitrogens with one attached hydrogen (secondary N) is 1. The van der Waals surface area contributed by atoms with Crippen LogP contribution in [0.1, 0.15) is 76.3 Å². The normalized spacial score (nSPS) is 25.7. The van der Waals surface area contributed by atoms with Gasteiger partial charge >= 0.3 is 0 Å². The number of benzene rings is 1. The van der Waals surface area contributed by atoms with Crippen LogP contribution in [0.4, 0.5) is 0 Å². The molecule has 2 heterocycles. The lowest BCUT2D eigenvalue weighted by atomic mass is 9.77. The fourth-order valence-corrected chi connectivity index (χ4v) is 5.14. The molecule has 176 valence electrons. The Morgan fingerprint density at radius 3 is 2.73 bits per heavy atom. The Bertz CT molecular complexity index is 1120. The average molecular weight is 453 g/mol. The van der Waals surface area contributed by atoms with E-state index in [0.717, 1.165) is 24.1 Å². The van der Waals surface area contributed by atoms with Gasteiger partial charge in [0.2, 0.25) is 5.91 Å². The minimum Gasteiger partial charge on any atom is -0.493 e. The van der Waals surface area contributed by atoms with Crippen molar-refractivity contribution in [1.29, 1.82) is 0 Å². The van der Waals surface area contributed by atoms with E-state index in [1.54, 1.807) is 22.9 Å². The Labute approximate surface area is 193 Å². The van der Waals surface area contributed by atoms with Crippen LogP contribution in [-0.4, -0.2) is 33.9 Å². The first-order chi connectivity index (χ1) is 15.7. The van der Waals surface area contributed by atoms with E-state index in [4.69, 9.17) is 21.9 Å². The first-order valence-electron chi connectivity index (χ1n) is 11.4. The van der Waals surface area contributed by atoms with E-state index >= 15 is 0 Å². The smallest absolute Gasteiger partial charge is 0.271 e. The molecule has 0 bridgehead atoms. The van der Waals surface area contributed by atoms with Crippen molar-refractivity contribution in [3.8, 4) is 5.75 Å². The van der Waals surface area contributed by atoms with Gasteiger partial charge in [-0.3, -0.25) is 14.3 Å². The van der Waals surface area contributed by atoms with Crippen molar-refractivity contribution in [3.63, 3.8) is 0 Å². The third kappa shape index (κ3) is 3.81. The zero-order valence-corrected chi connectivity index (χ0v) is 19.3. The molecule has 0 spiro atoms. The van der Waals surface area contributed by atoms with Crippen LogP contribution >= 0.6 is 0 Å². The number of aryl methyl sites for hydroxylation is 2. The van der Waals surface area contributed by atoms with Gasteiger partial charge in [0, 0.05) is 29.5 Å². The molecule has 1 aromatic heterocycles. The third-order valence-corrected chi connectivity index (χ3v) is 6.66. The van der Waals surface area contributed by atoms with Gasteiger partial charge in [0.1, 0.15) is 17.1 Å². The minimum atomic E-state index is -1.28. The molecule has 1 aromatic carbocycles. The maximum absolute atomic E-state index is 13.4. The summed E-state index contributed by atoms with van der Waals surface area (Å²) in [4.78, 5) is 25.3. The Hall–Kier alpha value is -3.17. The summed E-state index contributed by atoms with van der Waals surface area (Å²) in [5, 5.41) is 7.41. The summed E-state index contributed by atoms with van der Waals surface area (Å²) in [7, 11) is 0. The van der Waals surface area contributed by atoms with E-state index in [-0.39, 0.29) is 17.7 Å². The van der Waals surface area contributed by atoms with E-state index in [2.05, 4.69) is 29.5 Å². The number of amides is 2. The van der Waals surface area contributed by atoms with Gasteiger partial charge in [0.05, 0.1) is 18.3 Å². The maximum atomic E-state index is 13.4. The molecule has 2 unspecified atom stereocenters. The highest BCUT2D eigenvalue weighted by molar-refractivity contribution is 5.95. The van der Waals surface area contributed by atoms with Gasteiger partial charge in [-0.15, -0.1) is 0 Å². The van der Waals surface area contributed by atoms with Crippen LogP contribution in [0.3, 0.4) is 0 Å². The SMILES string of the molecule is CCC=CC[C@@H]1COc2cc(C(N)=O)cc3c2C1[C@@](N)(NC(=O)c1cc(C)nn1CC)C3N. The second-order valence-electron chi connectivity index (χ2n) is 8.86. The van der Waals surface area contributed by atoms with E-state index in [9.17, 15) is 9.59 Å². The van der Waals surface area contributed by atoms with Crippen molar-refractivity contribution in [1.82, 2.24) is 15.1 Å². The Kier molecular flexibility index (Phi) is 6.02. The third-order valence-electron chi connectivity index (χ3n) is 6.66. The summed E-state index contributed by atoms with van der Waals surface area (Å²) in [6, 6.07) is 4.30. The van der Waals surface area contributed by atoms with Gasteiger partial charge in [-0.25, -0.2) is 0 Å². The molecular formula is C24H32N6O3. The summed E-state index contributed by atoms with van der Waals surface area (Å²) in [6.07, 6.45) is 5.86. The topological polar surface area (TPSA) is 151 Å². The predicted molar refractivity (Wildman–Crippen MR) is 125 cm³/mol. The van der Waals surface area contributed by atoms with Crippen LogP contribution in [0.15, 0.2) is 30.4 Å². The molecule has 33 heavy (non-hydrogen) atoms. The van der Waals surface area contributed by atoms with Gasteiger partial charge in [0.25, 0.3) is 5.91 Å². The quantitative estimate of drug-likeness (QED) is 0.372. The van der Waals surface area contributed by atoms with Gasteiger partial charge in [-0.2, -0.15) is 5.10 Å². The molecule has 9 heteroatoms. The van der Waals surface area contributed by atoms with Crippen molar-refractivity contribution < 1.29 is 14.3 Å². The maximum Gasteiger partial charge on any atom is 0.271 e. The zero-order chi connectivity index (χ0) is 23.9. The monoisotopic (exact) mass is 452 g/mol. The number of carbonyl (C=O) groups excluding carboxylic acids is 2. The lowest BCUT2D eigenvalue weighted by Gasteiger charge is -2.41. The number of carbonyl (C=O) groups is 2. The molecule has 4 atom stereocenters. The molecule has 2 aromatic rings. The Morgan fingerprint density at radius 1 is 1.30 bits per heavy atom. The first kappa shape index (κ1) is 23.0. The fraction of sp³-hybridized carbons (Fsp3) is 0.458. The second kappa shape index (κ2) is 8.64. The standard InChI is InChI=1S/C24H32N6O3/c1-4-6-7-8-14-12-33-18-11-15(22(26)31)10-16-19(18)20(14)24(27,21(16)25)28-23(32)17-9-13(3)29-30(17)5-2/h6-7,9-11,14,20-21H,4-5,8,12,25,27H2,1-3H3,(H2,26,31)(H,28,32)/t14-,20?,21?,24-/m1/s1. The minimum absolute atomic E-state index is 0.00449. The number of primary amides is 1. The van der Waals surface area contributed by atoms with E-state index < -0.39 is 17.6 Å². The van der Waals surface area contributed by atoms with Crippen molar-refractivity contribution in [2.24, 2.45) is 23.1 Å². The van der Waals surface area contributed by atoms with Crippen molar-refractivity contribution in [2.75, 3.05) is 6.61 Å². The molecule has 2 amide bonds. The van der Waals surface area contributed by atoms with Gasteiger partial charge in [-0.05, 0) is 50.5 Å². The van der Waals surface area contributed by atoms with Crippen LogP contribution in [0.25, 0.3) is 0 Å². The van der Waals surface area contributed by atoms with E-state index in [1.165, 1.54) is 0 Å². The molecule has 0 saturated heterocycles. The summed E-state index contributed by atoms with van der Waals surface area (Å²) in [5.74, 6) is -0.661. The van der Waals surface area contributed by atoms with Crippen LogP contribution in [0.5, 0.6) is 5.75 Å². The summed E-state index contributed by atoms with van der Waals surface area (Å²) < 4.78 is 7.68. The van der Waals surface area contributed by atoms with Gasteiger partial charge in [0.15, 0.2) is 0 Å². The largest absolute Gasteiger partial charge is 0.493 e. The first-order valence-corrected chi connectivity index (χ1v) is 11.4. The number of hydrogen-bond acceptors (Lipinski definition) is 6. The number of aromatic nitrogens is 2. The lowest BCUT2D eigenvalue weighted by molar-refractivity contribution is 0.0793. The summed E-state index contributed by atoms with van der Waals surface area (Å²) in [6.45, 7) is 6.77. The average Bonchev–Trinajstić information content (AvgIpc) is 3.27.